The molecular formula is C33H56O10. The van der Waals surface area contributed by atoms with E-state index in [9.17, 15) is 40.9 Å². The summed E-state index contributed by atoms with van der Waals surface area (Å²) in [6.07, 6.45) is -2.35. The smallest absolute Gasteiger partial charge is 0.186 e. The molecule has 0 amide bonds. The van der Waals surface area contributed by atoms with Gasteiger partial charge in [-0.15, -0.1) is 0 Å². The zero-order chi connectivity index (χ0) is 31.6. The lowest BCUT2D eigenvalue weighted by atomic mass is 9.43. The molecule has 17 unspecified atom stereocenters. The Morgan fingerprint density at radius 1 is 0.907 bits per heavy atom. The second-order valence-electron chi connectivity index (χ2n) is 15.5. The van der Waals surface area contributed by atoms with Crippen molar-refractivity contribution in [1.82, 2.24) is 0 Å². The standard InChI is InChI=1S/C33H56O10/c1-16(18(3)14-34)6-7-17(2)24-26(38)27(39)29-32(24,5)11-9-23-31(4)10-8-19(12-20(31)21(35)13-33(23,29)41)43-30-28(40)25(37)22(36)15-42-30/h12,16-19,21-30,34-41H,6-11,13-15H2,1-5H3. The van der Waals surface area contributed by atoms with Crippen LogP contribution in [0, 0.1) is 46.3 Å². The number of aliphatic hydroxyl groups excluding tert-OH is 7. The molecule has 0 bridgehead atoms. The van der Waals surface area contributed by atoms with Crippen molar-refractivity contribution < 1.29 is 50.3 Å². The van der Waals surface area contributed by atoms with E-state index in [-0.39, 0.29) is 43.3 Å². The van der Waals surface area contributed by atoms with Gasteiger partial charge in [0.15, 0.2) is 6.29 Å². The summed E-state index contributed by atoms with van der Waals surface area (Å²) in [6.45, 7) is 10.5. The number of hydrogen-bond acceptors (Lipinski definition) is 10. The van der Waals surface area contributed by atoms with Gasteiger partial charge in [0.25, 0.3) is 0 Å². The molecule has 0 aromatic heterocycles. The molecule has 0 radical (unpaired) electrons. The van der Waals surface area contributed by atoms with Crippen LogP contribution in [0.4, 0.5) is 0 Å². The average molecular weight is 613 g/mol. The van der Waals surface area contributed by atoms with Crippen LogP contribution in [0.1, 0.15) is 79.6 Å². The molecule has 43 heavy (non-hydrogen) atoms. The van der Waals surface area contributed by atoms with Crippen LogP contribution in [0.5, 0.6) is 0 Å². The monoisotopic (exact) mass is 612 g/mol. The summed E-state index contributed by atoms with van der Waals surface area (Å²) in [5.41, 5.74) is -1.66. The lowest BCUT2D eigenvalue weighted by molar-refractivity contribution is -0.280. The lowest BCUT2D eigenvalue weighted by Crippen LogP contribution is -2.66. The molecule has 3 saturated carbocycles. The van der Waals surface area contributed by atoms with E-state index >= 15 is 0 Å². The zero-order valence-corrected chi connectivity index (χ0v) is 26.4. The Morgan fingerprint density at radius 3 is 2.28 bits per heavy atom. The van der Waals surface area contributed by atoms with Gasteiger partial charge in [-0.05, 0) is 71.7 Å². The van der Waals surface area contributed by atoms with Crippen molar-refractivity contribution in [2.24, 2.45) is 46.3 Å². The summed E-state index contributed by atoms with van der Waals surface area (Å²) in [6, 6.07) is 0. The van der Waals surface area contributed by atoms with E-state index < -0.39 is 71.4 Å². The molecule has 10 heteroatoms. The van der Waals surface area contributed by atoms with Crippen molar-refractivity contribution in [3.05, 3.63) is 11.6 Å². The Kier molecular flexibility index (Phi) is 9.54. The Labute approximate surface area is 255 Å². The third-order valence-corrected chi connectivity index (χ3v) is 13.0. The third-order valence-electron chi connectivity index (χ3n) is 13.0. The summed E-state index contributed by atoms with van der Waals surface area (Å²) in [4.78, 5) is 0. The molecular weight excluding hydrogens is 556 g/mol. The Bertz CT molecular complexity index is 1020. The molecule has 1 saturated heterocycles. The van der Waals surface area contributed by atoms with Gasteiger partial charge in [-0.25, -0.2) is 0 Å². The van der Waals surface area contributed by atoms with Crippen molar-refractivity contribution in [1.29, 1.82) is 0 Å². The lowest BCUT2D eigenvalue weighted by Gasteiger charge is -2.64. The maximum absolute atomic E-state index is 12.6. The summed E-state index contributed by atoms with van der Waals surface area (Å²) >= 11 is 0. The van der Waals surface area contributed by atoms with Crippen LogP contribution in [0.2, 0.25) is 0 Å². The molecule has 5 aliphatic rings. The summed E-state index contributed by atoms with van der Waals surface area (Å²) < 4.78 is 11.5. The highest BCUT2D eigenvalue weighted by Gasteiger charge is 2.72. The molecule has 4 fully saturated rings. The first-order valence-electron chi connectivity index (χ1n) is 16.5. The maximum atomic E-state index is 12.6. The Hall–Kier alpha value is -0.660. The van der Waals surface area contributed by atoms with Gasteiger partial charge in [-0.2, -0.15) is 0 Å². The fourth-order valence-corrected chi connectivity index (χ4v) is 10.3. The van der Waals surface area contributed by atoms with Crippen molar-refractivity contribution in [3.8, 4) is 0 Å². The minimum atomic E-state index is -1.40. The van der Waals surface area contributed by atoms with Crippen LogP contribution < -0.4 is 0 Å². The van der Waals surface area contributed by atoms with E-state index in [2.05, 4.69) is 27.7 Å². The van der Waals surface area contributed by atoms with E-state index in [4.69, 9.17) is 9.47 Å². The van der Waals surface area contributed by atoms with Crippen LogP contribution in [-0.2, 0) is 9.47 Å². The van der Waals surface area contributed by atoms with E-state index in [0.717, 1.165) is 24.8 Å². The van der Waals surface area contributed by atoms with Gasteiger partial charge in [0, 0.05) is 18.9 Å². The molecule has 0 aromatic carbocycles. The fraction of sp³-hybridized carbons (Fsp3) is 0.939. The zero-order valence-electron chi connectivity index (χ0n) is 26.4. The number of hydrogen-bond donors (Lipinski definition) is 8. The maximum Gasteiger partial charge on any atom is 0.186 e. The van der Waals surface area contributed by atoms with Gasteiger partial charge in [-0.1, -0.05) is 53.5 Å². The first kappa shape index (κ1) is 33.7. The largest absolute Gasteiger partial charge is 0.396 e. The molecule has 8 N–H and O–H groups in total. The highest BCUT2D eigenvalue weighted by atomic mass is 16.7. The van der Waals surface area contributed by atoms with Crippen LogP contribution in [0.25, 0.3) is 0 Å². The molecule has 0 aromatic rings. The Balaban J connectivity index is 1.36. The number of fused-ring (bicyclic) bond motifs is 5. The first-order chi connectivity index (χ1) is 20.1. The normalized spacial score (nSPS) is 51.9. The minimum Gasteiger partial charge on any atom is -0.396 e. The molecule has 17 atom stereocenters. The van der Waals surface area contributed by atoms with E-state index in [1.165, 1.54) is 0 Å². The SMILES string of the molecule is CC(CO)C(C)CCC(C)C1C(O)C(O)C2C1(C)CCC1C3(C)CCC(OC4OCC(O)C(O)C4O)C=C3C(O)CC12O. The molecule has 1 heterocycles. The second kappa shape index (κ2) is 12.2. The van der Waals surface area contributed by atoms with Crippen LogP contribution in [0.3, 0.4) is 0 Å². The van der Waals surface area contributed by atoms with Crippen molar-refractivity contribution in [2.45, 2.75) is 134 Å². The van der Waals surface area contributed by atoms with Crippen molar-refractivity contribution >= 4 is 0 Å². The van der Waals surface area contributed by atoms with Crippen LogP contribution in [-0.4, -0.2) is 109 Å². The summed E-state index contributed by atoms with van der Waals surface area (Å²) in [5.74, 6) is -0.382. The molecule has 4 aliphatic carbocycles. The Morgan fingerprint density at radius 2 is 1.60 bits per heavy atom. The van der Waals surface area contributed by atoms with Gasteiger partial charge >= 0.3 is 0 Å². The predicted molar refractivity (Wildman–Crippen MR) is 157 cm³/mol. The first-order valence-corrected chi connectivity index (χ1v) is 16.5. The quantitative estimate of drug-likeness (QED) is 0.185. The molecule has 10 nitrogen and oxygen atoms in total. The highest BCUT2D eigenvalue weighted by molar-refractivity contribution is 5.33. The molecule has 0 spiro atoms. The number of ether oxygens (including phenoxy) is 2. The number of rotatable bonds is 8. The molecule has 5 rings (SSSR count). The van der Waals surface area contributed by atoms with Crippen LogP contribution >= 0.6 is 0 Å². The highest BCUT2D eigenvalue weighted by Crippen LogP contribution is 2.69. The van der Waals surface area contributed by atoms with Gasteiger partial charge in [0.1, 0.15) is 18.3 Å². The molecule has 248 valence electrons. The molecule has 1 aliphatic heterocycles. The summed E-state index contributed by atoms with van der Waals surface area (Å²) in [7, 11) is 0. The van der Waals surface area contributed by atoms with E-state index in [1.807, 2.05) is 13.0 Å². The fourth-order valence-electron chi connectivity index (χ4n) is 10.3. The average Bonchev–Trinajstić information content (AvgIpc) is 3.16. The van der Waals surface area contributed by atoms with Gasteiger partial charge in [0.05, 0.1) is 36.6 Å². The second-order valence-corrected chi connectivity index (χ2v) is 15.5. The van der Waals surface area contributed by atoms with Crippen molar-refractivity contribution in [3.63, 3.8) is 0 Å². The van der Waals surface area contributed by atoms with Gasteiger partial charge < -0.3 is 50.3 Å². The van der Waals surface area contributed by atoms with E-state index in [1.54, 1.807) is 0 Å². The van der Waals surface area contributed by atoms with Crippen molar-refractivity contribution in [2.75, 3.05) is 13.2 Å². The topological polar surface area (TPSA) is 180 Å². The van der Waals surface area contributed by atoms with E-state index in [0.29, 0.717) is 25.2 Å². The predicted octanol–water partition coefficient (Wildman–Crippen LogP) is 1.10. The minimum absolute atomic E-state index is 0.0510. The summed E-state index contributed by atoms with van der Waals surface area (Å²) in [5, 5.41) is 87.0. The third kappa shape index (κ3) is 5.45. The van der Waals surface area contributed by atoms with Crippen LogP contribution in [0.15, 0.2) is 11.6 Å². The number of aliphatic hydroxyl groups is 8. The van der Waals surface area contributed by atoms with Gasteiger partial charge in [-0.3, -0.25) is 0 Å². The van der Waals surface area contributed by atoms with Gasteiger partial charge in [0.2, 0.25) is 0 Å².